The van der Waals surface area contributed by atoms with Gasteiger partial charge < -0.3 is 15.4 Å². The first-order chi connectivity index (χ1) is 12.9. The van der Waals surface area contributed by atoms with Gasteiger partial charge in [0.2, 0.25) is 5.91 Å². The molecule has 3 rings (SSSR count). The van der Waals surface area contributed by atoms with E-state index in [4.69, 9.17) is 16.3 Å². The molecule has 146 valence electrons. The van der Waals surface area contributed by atoms with E-state index in [2.05, 4.69) is 24.5 Å². The molecule has 1 aromatic carbocycles. The number of rotatable bonds is 5. The van der Waals surface area contributed by atoms with Gasteiger partial charge in [0.25, 0.3) is 5.91 Å². The zero-order valence-electron chi connectivity index (χ0n) is 15.8. The van der Waals surface area contributed by atoms with Crippen LogP contribution in [0.1, 0.15) is 45.1 Å². The van der Waals surface area contributed by atoms with E-state index in [0.29, 0.717) is 29.7 Å². The fourth-order valence-electron chi connectivity index (χ4n) is 3.57. The Balaban J connectivity index is 1.57. The number of halogens is 1. The highest BCUT2D eigenvalue weighted by molar-refractivity contribution is 6.30. The summed E-state index contributed by atoms with van der Waals surface area (Å²) in [7, 11) is 0. The first-order valence-corrected chi connectivity index (χ1v) is 10.0. The van der Waals surface area contributed by atoms with Gasteiger partial charge in [-0.2, -0.15) is 0 Å². The van der Waals surface area contributed by atoms with Gasteiger partial charge in [-0.3, -0.25) is 9.59 Å². The molecule has 1 saturated heterocycles. The number of morpholine rings is 1. The van der Waals surface area contributed by atoms with Crippen molar-refractivity contribution in [3.63, 3.8) is 0 Å². The molecule has 1 heterocycles. The summed E-state index contributed by atoms with van der Waals surface area (Å²) in [5.74, 6) is 0.679. The van der Waals surface area contributed by atoms with Crippen LogP contribution in [0.15, 0.2) is 30.0 Å². The van der Waals surface area contributed by atoms with E-state index in [0.717, 1.165) is 24.8 Å². The van der Waals surface area contributed by atoms with Crippen LogP contribution in [0.4, 0.5) is 0 Å². The van der Waals surface area contributed by atoms with Crippen molar-refractivity contribution in [2.45, 2.75) is 51.7 Å². The maximum Gasteiger partial charge on any atom is 0.286 e. The molecule has 2 fully saturated rings. The second kappa shape index (κ2) is 8.79. The Labute approximate surface area is 165 Å². The molecule has 1 saturated carbocycles. The van der Waals surface area contributed by atoms with E-state index >= 15 is 0 Å². The molecule has 0 aromatic heterocycles. The monoisotopic (exact) mass is 390 g/mol. The molecule has 5 nitrogen and oxygen atoms in total. The number of carbonyl (C=O) groups is 2. The van der Waals surface area contributed by atoms with Crippen molar-refractivity contribution in [2.24, 2.45) is 11.8 Å². The summed E-state index contributed by atoms with van der Waals surface area (Å²) in [6, 6.07) is 7.13. The van der Waals surface area contributed by atoms with Crippen molar-refractivity contribution >= 4 is 29.5 Å². The molecule has 3 atom stereocenters. The lowest BCUT2D eigenvalue weighted by molar-refractivity contribution is -0.134. The fourth-order valence-corrected chi connectivity index (χ4v) is 3.69. The minimum absolute atomic E-state index is 0.0656. The minimum Gasteiger partial charge on any atom is -0.483 e. The van der Waals surface area contributed by atoms with Crippen LogP contribution in [-0.4, -0.2) is 30.5 Å². The number of nitrogens with one attached hydrogen (secondary N) is 2. The van der Waals surface area contributed by atoms with Crippen LogP contribution < -0.4 is 10.6 Å². The smallest absolute Gasteiger partial charge is 0.286 e. The molecule has 0 radical (unpaired) electrons. The van der Waals surface area contributed by atoms with Crippen LogP contribution in [-0.2, 0) is 14.3 Å². The summed E-state index contributed by atoms with van der Waals surface area (Å²) in [6.45, 7) is 4.99. The number of benzene rings is 1. The van der Waals surface area contributed by atoms with E-state index < -0.39 is 0 Å². The van der Waals surface area contributed by atoms with Gasteiger partial charge in [-0.25, -0.2) is 0 Å². The summed E-state index contributed by atoms with van der Waals surface area (Å²) < 4.78 is 5.96. The average molecular weight is 391 g/mol. The molecular formula is C21H27ClN2O3. The zero-order valence-corrected chi connectivity index (χ0v) is 16.6. The molecular weight excluding hydrogens is 364 g/mol. The zero-order chi connectivity index (χ0) is 19.4. The molecule has 0 bridgehead atoms. The van der Waals surface area contributed by atoms with Crippen molar-refractivity contribution in [3.8, 4) is 0 Å². The normalized spacial score (nSPS) is 26.3. The lowest BCUT2D eigenvalue weighted by Crippen LogP contribution is -2.54. The third-order valence-corrected chi connectivity index (χ3v) is 5.42. The van der Waals surface area contributed by atoms with Gasteiger partial charge >= 0.3 is 0 Å². The molecule has 0 spiro atoms. The molecule has 3 unspecified atom stereocenters. The molecule has 1 aliphatic heterocycles. The van der Waals surface area contributed by atoms with Crippen LogP contribution in [0.5, 0.6) is 0 Å². The van der Waals surface area contributed by atoms with Gasteiger partial charge in [0.15, 0.2) is 5.76 Å². The van der Waals surface area contributed by atoms with Crippen LogP contribution in [0, 0.1) is 11.8 Å². The molecule has 27 heavy (non-hydrogen) atoms. The van der Waals surface area contributed by atoms with Gasteiger partial charge in [-0.05, 0) is 55.4 Å². The van der Waals surface area contributed by atoms with E-state index in [1.165, 1.54) is 0 Å². The Morgan fingerprint density at radius 3 is 2.78 bits per heavy atom. The first kappa shape index (κ1) is 19.7. The van der Waals surface area contributed by atoms with Gasteiger partial charge in [-0.15, -0.1) is 0 Å². The SMILES string of the molecule is CC(C)CCNC(=O)C1CCC2O/C(=C\c3ccc(Cl)cc3)C(=O)NC2C1. The van der Waals surface area contributed by atoms with Crippen LogP contribution in [0.3, 0.4) is 0 Å². The van der Waals surface area contributed by atoms with Gasteiger partial charge in [-0.1, -0.05) is 37.6 Å². The largest absolute Gasteiger partial charge is 0.483 e. The van der Waals surface area contributed by atoms with Gasteiger partial charge in [0.05, 0.1) is 6.04 Å². The number of fused-ring (bicyclic) bond motifs is 1. The highest BCUT2D eigenvalue weighted by Crippen LogP contribution is 2.31. The molecule has 2 N–H and O–H groups in total. The van der Waals surface area contributed by atoms with E-state index in [1.807, 2.05) is 12.1 Å². The standard InChI is InChI=1S/C21H27ClN2O3/c1-13(2)9-10-23-20(25)15-5-8-18-17(12-15)24-21(26)19(27-18)11-14-3-6-16(22)7-4-14/h3-4,6-7,11,13,15,17-18H,5,8-10,12H2,1-2H3,(H,23,25)(H,24,26)/b19-11-. The third kappa shape index (κ3) is 5.25. The van der Waals surface area contributed by atoms with E-state index in [9.17, 15) is 9.59 Å². The predicted octanol–water partition coefficient (Wildman–Crippen LogP) is 3.53. The van der Waals surface area contributed by atoms with Gasteiger partial charge in [0.1, 0.15) is 6.10 Å². The number of hydrogen-bond donors (Lipinski definition) is 2. The highest BCUT2D eigenvalue weighted by atomic mass is 35.5. The van der Waals surface area contributed by atoms with Crippen molar-refractivity contribution in [3.05, 3.63) is 40.6 Å². The van der Waals surface area contributed by atoms with Crippen molar-refractivity contribution in [2.75, 3.05) is 6.54 Å². The van der Waals surface area contributed by atoms with Crippen molar-refractivity contribution in [1.29, 1.82) is 0 Å². The summed E-state index contributed by atoms with van der Waals surface area (Å²) in [4.78, 5) is 24.8. The quantitative estimate of drug-likeness (QED) is 0.756. The summed E-state index contributed by atoms with van der Waals surface area (Å²) in [5, 5.41) is 6.69. The Kier molecular flexibility index (Phi) is 6.42. The Morgan fingerprint density at radius 1 is 1.33 bits per heavy atom. The van der Waals surface area contributed by atoms with E-state index in [1.54, 1.807) is 18.2 Å². The number of amides is 2. The topological polar surface area (TPSA) is 67.4 Å². The van der Waals surface area contributed by atoms with Crippen molar-refractivity contribution < 1.29 is 14.3 Å². The Bertz CT molecular complexity index is 715. The second-order valence-corrected chi connectivity index (χ2v) is 8.22. The molecule has 1 aromatic rings. The summed E-state index contributed by atoms with van der Waals surface area (Å²) in [5.41, 5.74) is 0.862. The molecule has 6 heteroatoms. The Morgan fingerprint density at radius 2 is 2.07 bits per heavy atom. The van der Waals surface area contributed by atoms with Crippen LogP contribution in [0.25, 0.3) is 6.08 Å². The fraction of sp³-hybridized carbons (Fsp3) is 0.524. The Hall–Kier alpha value is -2.01. The summed E-state index contributed by atoms with van der Waals surface area (Å²) >= 11 is 5.90. The highest BCUT2D eigenvalue weighted by Gasteiger charge is 2.40. The second-order valence-electron chi connectivity index (χ2n) is 7.78. The molecule has 1 aliphatic carbocycles. The van der Waals surface area contributed by atoms with E-state index in [-0.39, 0.29) is 29.9 Å². The number of hydrogen-bond acceptors (Lipinski definition) is 3. The number of carbonyl (C=O) groups excluding carboxylic acids is 2. The first-order valence-electron chi connectivity index (χ1n) is 9.65. The maximum absolute atomic E-state index is 12.4. The lowest BCUT2D eigenvalue weighted by Gasteiger charge is -2.39. The molecule has 2 amide bonds. The minimum atomic E-state index is -0.230. The predicted molar refractivity (Wildman–Crippen MR) is 106 cm³/mol. The summed E-state index contributed by atoms with van der Waals surface area (Å²) in [6.07, 6.45) is 4.78. The van der Waals surface area contributed by atoms with Crippen LogP contribution in [0.2, 0.25) is 5.02 Å². The van der Waals surface area contributed by atoms with Crippen molar-refractivity contribution in [1.82, 2.24) is 10.6 Å². The van der Waals surface area contributed by atoms with Crippen LogP contribution >= 0.6 is 11.6 Å². The lowest BCUT2D eigenvalue weighted by atomic mass is 9.82. The maximum atomic E-state index is 12.4. The third-order valence-electron chi connectivity index (χ3n) is 5.16. The average Bonchev–Trinajstić information content (AvgIpc) is 2.63. The molecule has 2 aliphatic rings. The van der Waals surface area contributed by atoms with Gasteiger partial charge in [0, 0.05) is 17.5 Å². The number of ether oxygens (including phenoxy) is 1.